The van der Waals surface area contributed by atoms with Crippen molar-refractivity contribution in [2.75, 3.05) is 20.3 Å². The van der Waals surface area contributed by atoms with Crippen molar-refractivity contribution in [2.45, 2.75) is 59.1 Å². The van der Waals surface area contributed by atoms with Crippen LogP contribution < -0.4 is 10.6 Å². The Hall–Kier alpha value is -0.810. The van der Waals surface area contributed by atoms with Crippen LogP contribution >= 0.6 is 0 Å². The van der Waals surface area contributed by atoms with E-state index >= 15 is 0 Å². The summed E-state index contributed by atoms with van der Waals surface area (Å²) in [5, 5.41) is 14.7. The van der Waals surface area contributed by atoms with Crippen LogP contribution in [0.1, 0.15) is 47.5 Å². The first-order valence-corrected chi connectivity index (χ1v) is 6.82. The first kappa shape index (κ1) is 18.2. The van der Waals surface area contributed by atoms with E-state index < -0.39 is 0 Å². The molecular weight excluding hydrogens is 244 g/mol. The minimum Gasteiger partial charge on any atom is -0.396 e. The van der Waals surface area contributed by atoms with Gasteiger partial charge in [0.2, 0.25) is 0 Å². The fourth-order valence-electron chi connectivity index (χ4n) is 1.86. The standard InChI is InChI=1S/C14H30N2O3/c1-11(9-14(4,5)19-6)16-12(18)15-10-13(2,3)7-8-17/h11,17H,7-10H2,1-6H3,(H2,15,16,18). The minimum absolute atomic E-state index is 0.0379. The molecule has 5 nitrogen and oxygen atoms in total. The number of carbonyl (C=O) groups is 1. The Morgan fingerprint density at radius 2 is 1.89 bits per heavy atom. The summed E-state index contributed by atoms with van der Waals surface area (Å²) in [6, 6.07) is -0.138. The van der Waals surface area contributed by atoms with E-state index in [1.165, 1.54) is 0 Å². The van der Waals surface area contributed by atoms with E-state index in [-0.39, 0.29) is 29.7 Å². The van der Waals surface area contributed by atoms with E-state index in [0.717, 1.165) is 6.42 Å². The van der Waals surface area contributed by atoms with Crippen molar-refractivity contribution in [2.24, 2.45) is 5.41 Å². The number of ether oxygens (including phenoxy) is 1. The third-order valence-corrected chi connectivity index (χ3v) is 3.24. The number of urea groups is 1. The second kappa shape index (κ2) is 7.70. The van der Waals surface area contributed by atoms with Crippen LogP contribution in [0.4, 0.5) is 4.79 Å². The van der Waals surface area contributed by atoms with E-state index in [1.54, 1.807) is 7.11 Å². The van der Waals surface area contributed by atoms with Crippen LogP contribution in [0.2, 0.25) is 0 Å². The zero-order chi connectivity index (χ0) is 15.1. The Morgan fingerprint density at radius 1 is 1.32 bits per heavy atom. The molecule has 19 heavy (non-hydrogen) atoms. The molecule has 114 valence electrons. The molecule has 0 spiro atoms. The van der Waals surface area contributed by atoms with Gasteiger partial charge in [-0.25, -0.2) is 4.79 Å². The van der Waals surface area contributed by atoms with Gasteiger partial charge in [0, 0.05) is 26.3 Å². The smallest absolute Gasteiger partial charge is 0.315 e. The zero-order valence-electron chi connectivity index (χ0n) is 13.2. The number of amides is 2. The summed E-state index contributed by atoms with van der Waals surface area (Å²) in [7, 11) is 1.67. The number of hydrogen-bond acceptors (Lipinski definition) is 3. The van der Waals surface area contributed by atoms with Gasteiger partial charge in [0.05, 0.1) is 5.60 Å². The van der Waals surface area contributed by atoms with Crippen LogP contribution in [0.3, 0.4) is 0 Å². The second-order valence-corrected chi connectivity index (χ2v) is 6.53. The predicted molar refractivity (Wildman–Crippen MR) is 77.2 cm³/mol. The van der Waals surface area contributed by atoms with E-state index in [4.69, 9.17) is 9.84 Å². The molecule has 0 aliphatic rings. The molecule has 5 heteroatoms. The quantitative estimate of drug-likeness (QED) is 0.633. The Morgan fingerprint density at radius 3 is 2.37 bits per heavy atom. The van der Waals surface area contributed by atoms with Crippen molar-refractivity contribution in [3.63, 3.8) is 0 Å². The molecule has 2 amide bonds. The van der Waals surface area contributed by atoms with Crippen molar-refractivity contribution >= 4 is 6.03 Å². The highest BCUT2D eigenvalue weighted by atomic mass is 16.5. The molecule has 0 aliphatic carbocycles. The number of hydrogen-bond donors (Lipinski definition) is 3. The fraction of sp³-hybridized carbons (Fsp3) is 0.929. The lowest BCUT2D eigenvalue weighted by Gasteiger charge is -2.28. The van der Waals surface area contributed by atoms with E-state index in [0.29, 0.717) is 13.0 Å². The third kappa shape index (κ3) is 8.83. The minimum atomic E-state index is -0.247. The van der Waals surface area contributed by atoms with Crippen LogP contribution in [-0.4, -0.2) is 43.0 Å². The van der Waals surface area contributed by atoms with Gasteiger partial charge in [-0.15, -0.1) is 0 Å². The molecule has 0 aromatic carbocycles. The van der Waals surface area contributed by atoms with Gasteiger partial charge in [-0.05, 0) is 39.0 Å². The topological polar surface area (TPSA) is 70.6 Å². The van der Waals surface area contributed by atoms with Gasteiger partial charge in [-0.3, -0.25) is 0 Å². The maximum absolute atomic E-state index is 11.8. The molecule has 3 N–H and O–H groups in total. The Balaban J connectivity index is 4.05. The molecule has 0 heterocycles. The van der Waals surface area contributed by atoms with Crippen LogP contribution in [0.15, 0.2) is 0 Å². The highest BCUT2D eigenvalue weighted by molar-refractivity contribution is 5.74. The first-order chi connectivity index (χ1) is 8.62. The third-order valence-electron chi connectivity index (χ3n) is 3.24. The van der Waals surface area contributed by atoms with Crippen molar-refractivity contribution in [1.29, 1.82) is 0 Å². The second-order valence-electron chi connectivity index (χ2n) is 6.53. The zero-order valence-corrected chi connectivity index (χ0v) is 13.2. The molecule has 1 atom stereocenters. The summed E-state index contributed by atoms with van der Waals surface area (Å²) >= 11 is 0. The van der Waals surface area contributed by atoms with Crippen LogP contribution in [0.25, 0.3) is 0 Å². The van der Waals surface area contributed by atoms with Crippen LogP contribution in [-0.2, 0) is 4.74 Å². The predicted octanol–water partition coefficient (Wildman–Crippen LogP) is 1.90. The SMILES string of the molecule is COC(C)(C)CC(C)NC(=O)NCC(C)(C)CCO. The van der Waals surface area contributed by atoms with Gasteiger partial charge in [-0.2, -0.15) is 0 Å². The van der Waals surface area contributed by atoms with Gasteiger partial charge < -0.3 is 20.5 Å². The molecule has 0 saturated heterocycles. The Bertz CT molecular complexity index is 278. The summed E-state index contributed by atoms with van der Waals surface area (Å²) < 4.78 is 5.34. The number of nitrogens with one attached hydrogen (secondary N) is 2. The van der Waals surface area contributed by atoms with Gasteiger partial charge in [-0.1, -0.05) is 13.8 Å². The van der Waals surface area contributed by atoms with Crippen LogP contribution in [0, 0.1) is 5.41 Å². The van der Waals surface area contributed by atoms with Crippen molar-refractivity contribution in [3.8, 4) is 0 Å². The van der Waals surface area contributed by atoms with Gasteiger partial charge in [0.25, 0.3) is 0 Å². The fourth-order valence-corrected chi connectivity index (χ4v) is 1.86. The largest absolute Gasteiger partial charge is 0.396 e. The van der Waals surface area contributed by atoms with Gasteiger partial charge in [0.15, 0.2) is 0 Å². The average Bonchev–Trinajstić information content (AvgIpc) is 2.25. The molecule has 1 unspecified atom stereocenters. The molecule has 0 fully saturated rings. The lowest BCUT2D eigenvalue weighted by molar-refractivity contribution is 0.00947. The maximum atomic E-state index is 11.8. The van der Waals surface area contributed by atoms with E-state index in [2.05, 4.69) is 10.6 Å². The van der Waals surface area contributed by atoms with Crippen molar-refractivity contribution in [1.82, 2.24) is 10.6 Å². The summed E-state index contributed by atoms with van der Waals surface area (Å²) in [4.78, 5) is 11.8. The lowest BCUT2D eigenvalue weighted by Crippen LogP contribution is -2.46. The summed E-state index contributed by atoms with van der Waals surface area (Å²) in [5.74, 6) is 0. The normalized spacial score (nSPS) is 14.1. The average molecular weight is 274 g/mol. The van der Waals surface area contributed by atoms with E-state index in [1.807, 2.05) is 34.6 Å². The Kier molecular flexibility index (Phi) is 7.37. The summed E-state index contributed by atoms with van der Waals surface area (Å²) in [5.41, 5.74) is -0.343. The van der Waals surface area contributed by atoms with Crippen molar-refractivity contribution in [3.05, 3.63) is 0 Å². The molecule has 0 aromatic heterocycles. The van der Waals surface area contributed by atoms with Gasteiger partial charge >= 0.3 is 6.03 Å². The number of carbonyl (C=O) groups excluding carboxylic acids is 1. The molecule has 0 saturated carbocycles. The van der Waals surface area contributed by atoms with Crippen molar-refractivity contribution < 1.29 is 14.6 Å². The summed E-state index contributed by atoms with van der Waals surface area (Å²) in [6.07, 6.45) is 1.41. The number of aliphatic hydroxyl groups excluding tert-OH is 1. The Labute approximate surface area is 117 Å². The highest BCUT2D eigenvalue weighted by Crippen LogP contribution is 2.18. The molecule has 0 radical (unpaired) electrons. The molecule has 0 bridgehead atoms. The summed E-state index contributed by atoms with van der Waals surface area (Å²) in [6.45, 7) is 10.6. The molecule has 0 aromatic rings. The number of methoxy groups -OCH3 is 1. The van der Waals surface area contributed by atoms with Gasteiger partial charge in [0.1, 0.15) is 0 Å². The van der Waals surface area contributed by atoms with Crippen LogP contribution in [0.5, 0.6) is 0 Å². The molecule has 0 rings (SSSR count). The van der Waals surface area contributed by atoms with E-state index in [9.17, 15) is 4.79 Å². The highest BCUT2D eigenvalue weighted by Gasteiger charge is 2.22. The lowest BCUT2D eigenvalue weighted by atomic mass is 9.90. The monoisotopic (exact) mass is 274 g/mol. The number of rotatable bonds is 8. The molecule has 0 aliphatic heterocycles. The number of aliphatic hydroxyl groups is 1. The first-order valence-electron chi connectivity index (χ1n) is 6.82. The molecular formula is C14H30N2O3. The maximum Gasteiger partial charge on any atom is 0.315 e.